The van der Waals surface area contributed by atoms with Crippen molar-refractivity contribution in [3.63, 3.8) is 0 Å². The first-order chi connectivity index (χ1) is 21.1. The molecule has 0 aliphatic carbocycles. The normalized spacial score (nSPS) is 18.0. The van der Waals surface area contributed by atoms with E-state index in [2.05, 4.69) is 10.3 Å². The first-order valence-electron chi connectivity index (χ1n) is 15.1. The number of Topliss-reactive ketones (excluding diaryl/α,β-unsaturated/α-hetero) is 1. The van der Waals surface area contributed by atoms with Crippen LogP contribution in [0.4, 0.5) is 9.59 Å². The molecular weight excluding hydrogens is 578 g/mol. The van der Waals surface area contributed by atoms with Crippen LogP contribution in [-0.2, 0) is 33.7 Å². The first-order valence-corrected chi connectivity index (χ1v) is 16.0. The number of amides is 2. The van der Waals surface area contributed by atoms with E-state index in [1.165, 1.54) is 16.2 Å². The second-order valence-corrected chi connectivity index (χ2v) is 13.4. The highest BCUT2D eigenvalue weighted by Gasteiger charge is 2.41. The number of likely N-dealkylation sites (tertiary alicyclic amines) is 1. The molecule has 1 fully saturated rings. The number of carbonyl (C=O) groups is 3. The van der Waals surface area contributed by atoms with Crippen molar-refractivity contribution < 1.29 is 29.0 Å². The Morgan fingerprint density at radius 3 is 2.30 bits per heavy atom. The van der Waals surface area contributed by atoms with E-state index in [0.29, 0.717) is 25.7 Å². The molecule has 2 amide bonds. The van der Waals surface area contributed by atoms with Gasteiger partial charge in [0, 0.05) is 25.1 Å². The Bertz CT molecular complexity index is 1330. The fourth-order valence-electron chi connectivity index (χ4n) is 5.50. The maximum Gasteiger partial charge on any atom is 0.410 e. The number of ether oxygens (including phenoxy) is 2. The van der Waals surface area contributed by atoms with Crippen LogP contribution in [0.5, 0.6) is 0 Å². The zero-order valence-electron chi connectivity index (χ0n) is 25.7. The van der Waals surface area contributed by atoms with Crippen molar-refractivity contribution in [2.75, 3.05) is 6.54 Å². The summed E-state index contributed by atoms with van der Waals surface area (Å²) in [6, 6.07) is 19.0. The highest BCUT2D eigenvalue weighted by atomic mass is 32.1. The Balaban J connectivity index is 1.45. The van der Waals surface area contributed by atoms with Crippen LogP contribution in [0.25, 0.3) is 0 Å². The minimum atomic E-state index is -0.778. The summed E-state index contributed by atoms with van der Waals surface area (Å²) in [5, 5.41) is 13.4. The number of hydrogen-bond donors (Lipinski definition) is 2. The number of thiazole rings is 1. The lowest BCUT2D eigenvalue weighted by Crippen LogP contribution is -2.44. The Morgan fingerprint density at radius 1 is 1.02 bits per heavy atom. The van der Waals surface area contributed by atoms with Crippen molar-refractivity contribution in [3.8, 4) is 0 Å². The highest BCUT2D eigenvalue weighted by molar-refractivity contribution is 7.09. The third kappa shape index (κ3) is 10.7. The van der Waals surface area contributed by atoms with Crippen molar-refractivity contribution in [1.82, 2.24) is 15.2 Å². The summed E-state index contributed by atoms with van der Waals surface area (Å²) in [4.78, 5) is 45.7. The van der Waals surface area contributed by atoms with Crippen LogP contribution in [0.15, 0.2) is 72.4 Å². The standard InChI is InChI=1S/C34H43N3O6S/c1-34(2,3)43-33(41)37-21-28(38)19-30(37)31(39)18-26(16-24-10-6-4-7-11-24)14-15-27(17-25-12-8-5-9-13-25)36-32(40)42-22-29-20-35-23-44-29/h4-13,20,23,26-28,30,38H,14-19,21-22H2,1-3H3,(H,36,40)/t26-,27-,28+,30+/m1/s1. The molecule has 10 heteroatoms. The van der Waals surface area contributed by atoms with Gasteiger partial charge in [-0.05, 0) is 63.5 Å². The molecule has 236 valence electrons. The number of carbonyl (C=O) groups excluding carboxylic acids is 3. The van der Waals surface area contributed by atoms with E-state index in [4.69, 9.17) is 9.47 Å². The monoisotopic (exact) mass is 621 g/mol. The van der Waals surface area contributed by atoms with Gasteiger partial charge in [0.05, 0.1) is 29.1 Å². The molecule has 0 bridgehead atoms. The number of aliphatic hydroxyl groups excluding tert-OH is 1. The predicted molar refractivity (Wildman–Crippen MR) is 169 cm³/mol. The Kier molecular flexibility index (Phi) is 11.9. The SMILES string of the molecule is CC(C)(C)OC(=O)N1C[C@@H](O)C[C@H]1C(=O)C[C@H](CC[C@H](Cc1ccccc1)NC(=O)OCc1cncs1)Cc1ccccc1. The molecular formula is C34H43N3O6S. The molecule has 0 spiro atoms. The lowest BCUT2D eigenvalue weighted by atomic mass is 9.86. The Morgan fingerprint density at radius 2 is 1.68 bits per heavy atom. The number of aliphatic hydroxyl groups is 1. The summed E-state index contributed by atoms with van der Waals surface area (Å²) < 4.78 is 11.0. The van der Waals surface area contributed by atoms with E-state index >= 15 is 0 Å². The number of hydrogen-bond acceptors (Lipinski definition) is 8. The Labute approximate surface area is 263 Å². The van der Waals surface area contributed by atoms with Crippen LogP contribution < -0.4 is 5.32 Å². The van der Waals surface area contributed by atoms with Gasteiger partial charge in [0.2, 0.25) is 0 Å². The molecule has 4 atom stereocenters. The molecule has 0 saturated carbocycles. The average Bonchev–Trinajstić information content (AvgIpc) is 3.65. The molecule has 44 heavy (non-hydrogen) atoms. The van der Waals surface area contributed by atoms with E-state index < -0.39 is 29.9 Å². The minimum absolute atomic E-state index is 0.0450. The maximum atomic E-state index is 13.7. The number of nitrogens with zero attached hydrogens (tertiary/aromatic N) is 2. The van der Waals surface area contributed by atoms with Crippen molar-refractivity contribution in [2.45, 2.75) is 89.7 Å². The van der Waals surface area contributed by atoms with Crippen LogP contribution >= 0.6 is 11.3 Å². The lowest BCUT2D eigenvalue weighted by Gasteiger charge is -2.29. The van der Waals surface area contributed by atoms with Crippen molar-refractivity contribution in [3.05, 3.63) is 88.4 Å². The third-order valence-corrected chi connectivity index (χ3v) is 8.29. The number of aromatic nitrogens is 1. The number of ketones is 1. The smallest absolute Gasteiger partial charge is 0.410 e. The van der Waals surface area contributed by atoms with Gasteiger partial charge in [0.1, 0.15) is 12.2 Å². The topological polar surface area (TPSA) is 118 Å². The molecule has 1 aromatic heterocycles. The van der Waals surface area contributed by atoms with E-state index in [9.17, 15) is 19.5 Å². The van der Waals surface area contributed by atoms with Gasteiger partial charge >= 0.3 is 12.2 Å². The molecule has 3 aromatic rings. The van der Waals surface area contributed by atoms with Crippen molar-refractivity contribution in [1.29, 1.82) is 0 Å². The zero-order chi connectivity index (χ0) is 31.5. The second-order valence-electron chi connectivity index (χ2n) is 12.4. The van der Waals surface area contributed by atoms with Gasteiger partial charge < -0.3 is 19.9 Å². The molecule has 0 unspecified atom stereocenters. The van der Waals surface area contributed by atoms with Gasteiger partial charge in [-0.3, -0.25) is 14.7 Å². The molecule has 2 heterocycles. The molecule has 1 aliphatic rings. The summed E-state index contributed by atoms with van der Waals surface area (Å²) in [7, 11) is 0. The number of benzene rings is 2. The number of alkyl carbamates (subject to hydrolysis) is 1. The largest absolute Gasteiger partial charge is 0.444 e. The van der Waals surface area contributed by atoms with Gasteiger partial charge in [-0.15, -0.1) is 11.3 Å². The van der Waals surface area contributed by atoms with Crippen LogP contribution in [0.3, 0.4) is 0 Å². The van der Waals surface area contributed by atoms with E-state index in [1.54, 1.807) is 32.5 Å². The molecule has 2 aromatic carbocycles. The summed E-state index contributed by atoms with van der Waals surface area (Å²) in [6.45, 7) is 5.56. The first kappa shape index (κ1) is 33.1. The van der Waals surface area contributed by atoms with Crippen LogP contribution in [0.2, 0.25) is 0 Å². The van der Waals surface area contributed by atoms with Gasteiger partial charge in [-0.2, -0.15) is 0 Å². The van der Waals surface area contributed by atoms with Crippen LogP contribution in [0, 0.1) is 5.92 Å². The maximum absolute atomic E-state index is 13.7. The molecule has 1 saturated heterocycles. The Hall–Kier alpha value is -3.76. The predicted octanol–water partition coefficient (Wildman–Crippen LogP) is 5.95. The fraction of sp³-hybridized carbons (Fsp3) is 0.471. The average molecular weight is 622 g/mol. The number of nitrogens with one attached hydrogen (secondary N) is 1. The molecule has 4 rings (SSSR count). The van der Waals surface area contributed by atoms with E-state index in [-0.39, 0.29) is 43.7 Å². The summed E-state index contributed by atoms with van der Waals surface area (Å²) in [5.74, 6) is -0.138. The van der Waals surface area contributed by atoms with Crippen molar-refractivity contribution in [2.24, 2.45) is 5.92 Å². The number of rotatable bonds is 13. The number of β-amino-alcohol motifs (C(OH)–C–C–N with tert-alkyl or cyclic N) is 1. The van der Waals surface area contributed by atoms with Gasteiger partial charge in [0.25, 0.3) is 0 Å². The summed E-state index contributed by atoms with van der Waals surface area (Å²) in [5.41, 5.74) is 3.18. The summed E-state index contributed by atoms with van der Waals surface area (Å²) in [6.07, 6.45) is 2.81. The highest BCUT2D eigenvalue weighted by Crippen LogP contribution is 2.27. The molecule has 0 radical (unpaired) electrons. The lowest BCUT2D eigenvalue weighted by molar-refractivity contribution is -0.124. The summed E-state index contributed by atoms with van der Waals surface area (Å²) >= 11 is 1.43. The zero-order valence-corrected chi connectivity index (χ0v) is 26.5. The molecule has 2 N–H and O–H groups in total. The second kappa shape index (κ2) is 15.8. The molecule has 1 aliphatic heterocycles. The van der Waals surface area contributed by atoms with E-state index in [0.717, 1.165) is 16.0 Å². The fourth-order valence-corrected chi connectivity index (χ4v) is 6.01. The minimum Gasteiger partial charge on any atom is -0.444 e. The van der Waals surface area contributed by atoms with Gasteiger partial charge in [-0.25, -0.2) is 9.59 Å². The third-order valence-electron chi connectivity index (χ3n) is 7.53. The van der Waals surface area contributed by atoms with Crippen LogP contribution in [0.1, 0.15) is 62.5 Å². The van der Waals surface area contributed by atoms with Gasteiger partial charge in [0.15, 0.2) is 5.78 Å². The van der Waals surface area contributed by atoms with Gasteiger partial charge in [-0.1, -0.05) is 60.7 Å². The van der Waals surface area contributed by atoms with E-state index in [1.807, 2.05) is 60.7 Å². The quantitative estimate of drug-likeness (QED) is 0.242. The van der Waals surface area contributed by atoms with Crippen LogP contribution in [-0.4, -0.2) is 63.3 Å². The molecule has 9 nitrogen and oxygen atoms in total. The van der Waals surface area contributed by atoms with Crippen molar-refractivity contribution >= 4 is 29.3 Å².